The molecule has 2 aromatic heterocycles. The average Bonchev–Trinajstić information content (AvgIpc) is 2.60. The van der Waals surface area contributed by atoms with Gasteiger partial charge in [0.15, 0.2) is 0 Å². The summed E-state index contributed by atoms with van der Waals surface area (Å²) in [7, 11) is 0. The summed E-state index contributed by atoms with van der Waals surface area (Å²) in [6.07, 6.45) is 6.83. The molecule has 0 unspecified atom stereocenters. The third-order valence-corrected chi connectivity index (χ3v) is 4.15. The first kappa shape index (κ1) is 16.4. The van der Waals surface area contributed by atoms with Crippen LogP contribution in [0.4, 0.5) is 5.82 Å². The molecular formula is C18H22N4O2. The van der Waals surface area contributed by atoms with Gasteiger partial charge in [-0.15, -0.1) is 0 Å². The summed E-state index contributed by atoms with van der Waals surface area (Å²) in [5, 5.41) is 0. The SMILES string of the molecule is Cc1cncc(C(=O)N2CCO[C@@H](CCc3ccnc(N)c3)C2)c1. The topological polar surface area (TPSA) is 81.3 Å². The molecule has 1 amide bonds. The lowest BCUT2D eigenvalue weighted by Crippen LogP contribution is -2.45. The Morgan fingerprint density at radius 1 is 1.42 bits per heavy atom. The van der Waals surface area contributed by atoms with Crippen LogP contribution in [0.15, 0.2) is 36.8 Å². The summed E-state index contributed by atoms with van der Waals surface area (Å²) in [5.74, 6) is 0.550. The van der Waals surface area contributed by atoms with Gasteiger partial charge in [-0.1, -0.05) is 0 Å². The molecule has 0 aliphatic carbocycles. The minimum absolute atomic E-state index is 0.0210. The highest BCUT2D eigenvalue weighted by Crippen LogP contribution is 2.16. The Morgan fingerprint density at radius 3 is 3.08 bits per heavy atom. The van der Waals surface area contributed by atoms with Crippen LogP contribution in [0.5, 0.6) is 0 Å². The molecule has 1 aliphatic heterocycles. The fourth-order valence-electron chi connectivity index (χ4n) is 2.91. The van der Waals surface area contributed by atoms with Gasteiger partial charge in [0.2, 0.25) is 0 Å². The molecule has 1 atom stereocenters. The largest absolute Gasteiger partial charge is 0.384 e. The van der Waals surface area contributed by atoms with E-state index >= 15 is 0 Å². The molecule has 2 aromatic rings. The molecule has 0 saturated carbocycles. The Labute approximate surface area is 141 Å². The molecule has 1 saturated heterocycles. The summed E-state index contributed by atoms with van der Waals surface area (Å²) in [5.41, 5.74) is 8.46. The predicted octanol–water partition coefficient (Wildman–Crippen LogP) is 1.84. The Kier molecular flexibility index (Phi) is 5.05. The number of carbonyl (C=O) groups excluding carboxylic acids is 1. The molecule has 2 N–H and O–H groups in total. The first-order valence-corrected chi connectivity index (χ1v) is 8.15. The Morgan fingerprint density at radius 2 is 2.29 bits per heavy atom. The van der Waals surface area contributed by atoms with Crippen molar-refractivity contribution >= 4 is 11.7 Å². The number of pyridine rings is 2. The number of hydrogen-bond donors (Lipinski definition) is 1. The van der Waals surface area contributed by atoms with Gasteiger partial charge in [0.1, 0.15) is 5.82 Å². The number of nitrogen functional groups attached to an aromatic ring is 1. The standard InChI is InChI=1S/C18H22N4O2/c1-13-8-15(11-20-10-13)18(23)22-6-7-24-16(12-22)3-2-14-4-5-21-17(19)9-14/h4-5,8-11,16H,2-3,6-7,12H2,1H3,(H2,19,21)/t16-/m0/s1. The maximum Gasteiger partial charge on any atom is 0.255 e. The number of nitrogens with zero attached hydrogens (tertiary/aromatic N) is 3. The second-order valence-corrected chi connectivity index (χ2v) is 6.12. The first-order chi connectivity index (χ1) is 11.6. The van der Waals surface area contributed by atoms with E-state index in [2.05, 4.69) is 9.97 Å². The number of anilines is 1. The molecule has 0 bridgehead atoms. The van der Waals surface area contributed by atoms with Crippen LogP contribution in [-0.2, 0) is 11.2 Å². The van der Waals surface area contributed by atoms with E-state index in [0.29, 0.717) is 31.1 Å². The normalized spacial score (nSPS) is 17.7. The van der Waals surface area contributed by atoms with Gasteiger partial charge in [-0.3, -0.25) is 9.78 Å². The molecule has 6 heteroatoms. The molecule has 0 spiro atoms. The second-order valence-electron chi connectivity index (χ2n) is 6.12. The molecule has 3 rings (SSSR count). The van der Waals surface area contributed by atoms with Crippen molar-refractivity contribution in [2.75, 3.05) is 25.4 Å². The smallest absolute Gasteiger partial charge is 0.255 e. The third-order valence-electron chi connectivity index (χ3n) is 4.15. The van der Waals surface area contributed by atoms with Crippen LogP contribution >= 0.6 is 0 Å². The minimum Gasteiger partial charge on any atom is -0.384 e. The van der Waals surface area contributed by atoms with Crippen molar-refractivity contribution in [3.8, 4) is 0 Å². The molecule has 24 heavy (non-hydrogen) atoms. The monoisotopic (exact) mass is 326 g/mol. The van der Waals surface area contributed by atoms with Crippen LogP contribution in [0.3, 0.4) is 0 Å². The summed E-state index contributed by atoms with van der Waals surface area (Å²) >= 11 is 0. The number of aromatic nitrogens is 2. The number of rotatable bonds is 4. The summed E-state index contributed by atoms with van der Waals surface area (Å²) in [6.45, 7) is 3.72. The summed E-state index contributed by atoms with van der Waals surface area (Å²) in [6, 6.07) is 5.71. The predicted molar refractivity (Wildman–Crippen MR) is 91.6 cm³/mol. The lowest BCUT2D eigenvalue weighted by atomic mass is 10.1. The zero-order valence-electron chi connectivity index (χ0n) is 13.8. The fourth-order valence-corrected chi connectivity index (χ4v) is 2.91. The van der Waals surface area contributed by atoms with Crippen molar-refractivity contribution in [2.24, 2.45) is 0 Å². The number of aryl methyl sites for hydroxylation is 2. The van der Waals surface area contributed by atoms with Gasteiger partial charge in [0, 0.05) is 31.7 Å². The highest BCUT2D eigenvalue weighted by molar-refractivity contribution is 5.94. The highest BCUT2D eigenvalue weighted by Gasteiger charge is 2.25. The van der Waals surface area contributed by atoms with Gasteiger partial charge in [-0.25, -0.2) is 4.98 Å². The third kappa shape index (κ3) is 4.08. The number of hydrogen-bond acceptors (Lipinski definition) is 5. The van der Waals surface area contributed by atoms with E-state index in [0.717, 1.165) is 24.0 Å². The average molecular weight is 326 g/mol. The van der Waals surface area contributed by atoms with Gasteiger partial charge < -0.3 is 15.4 Å². The van der Waals surface area contributed by atoms with Gasteiger partial charge in [0.05, 0.1) is 18.3 Å². The molecule has 3 heterocycles. The zero-order chi connectivity index (χ0) is 16.9. The fraction of sp³-hybridized carbons (Fsp3) is 0.389. The van der Waals surface area contributed by atoms with Crippen LogP contribution in [0.1, 0.15) is 27.9 Å². The quantitative estimate of drug-likeness (QED) is 0.927. The Balaban J connectivity index is 1.59. The summed E-state index contributed by atoms with van der Waals surface area (Å²) < 4.78 is 5.81. The lowest BCUT2D eigenvalue weighted by molar-refractivity contribution is -0.0246. The highest BCUT2D eigenvalue weighted by atomic mass is 16.5. The van der Waals surface area contributed by atoms with Crippen LogP contribution < -0.4 is 5.73 Å². The van der Waals surface area contributed by atoms with Gasteiger partial charge in [-0.05, 0) is 49.1 Å². The molecule has 0 radical (unpaired) electrons. The molecule has 126 valence electrons. The summed E-state index contributed by atoms with van der Waals surface area (Å²) in [4.78, 5) is 22.6. The molecular weight excluding hydrogens is 304 g/mol. The van der Waals surface area contributed by atoms with E-state index in [1.165, 1.54) is 0 Å². The number of carbonyl (C=O) groups is 1. The van der Waals surface area contributed by atoms with E-state index < -0.39 is 0 Å². The van der Waals surface area contributed by atoms with E-state index in [4.69, 9.17) is 10.5 Å². The van der Waals surface area contributed by atoms with Crippen LogP contribution in [-0.4, -0.2) is 46.6 Å². The maximum atomic E-state index is 12.6. The second kappa shape index (κ2) is 7.40. The van der Waals surface area contributed by atoms with Crippen molar-refractivity contribution < 1.29 is 9.53 Å². The number of morpholine rings is 1. The Bertz CT molecular complexity index is 720. The number of amides is 1. The van der Waals surface area contributed by atoms with Crippen LogP contribution in [0.2, 0.25) is 0 Å². The van der Waals surface area contributed by atoms with Crippen molar-refractivity contribution in [1.82, 2.24) is 14.9 Å². The number of ether oxygens (including phenoxy) is 1. The lowest BCUT2D eigenvalue weighted by Gasteiger charge is -2.33. The van der Waals surface area contributed by atoms with Gasteiger partial charge in [0.25, 0.3) is 5.91 Å². The Hall–Kier alpha value is -2.47. The van der Waals surface area contributed by atoms with Crippen molar-refractivity contribution in [1.29, 1.82) is 0 Å². The molecule has 1 fully saturated rings. The zero-order valence-corrected chi connectivity index (χ0v) is 13.8. The molecule has 1 aliphatic rings. The van der Waals surface area contributed by atoms with E-state index in [1.54, 1.807) is 18.6 Å². The van der Waals surface area contributed by atoms with Gasteiger partial charge >= 0.3 is 0 Å². The molecule has 0 aromatic carbocycles. The number of nitrogens with two attached hydrogens (primary N) is 1. The van der Waals surface area contributed by atoms with E-state index in [-0.39, 0.29) is 12.0 Å². The first-order valence-electron chi connectivity index (χ1n) is 8.15. The van der Waals surface area contributed by atoms with E-state index in [9.17, 15) is 4.79 Å². The maximum absolute atomic E-state index is 12.6. The van der Waals surface area contributed by atoms with Crippen molar-refractivity contribution in [3.63, 3.8) is 0 Å². The van der Waals surface area contributed by atoms with Crippen LogP contribution in [0, 0.1) is 6.92 Å². The van der Waals surface area contributed by atoms with Crippen molar-refractivity contribution in [2.45, 2.75) is 25.9 Å². The van der Waals surface area contributed by atoms with E-state index in [1.807, 2.05) is 30.0 Å². The van der Waals surface area contributed by atoms with Crippen LogP contribution in [0.25, 0.3) is 0 Å². The van der Waals surface area contributed by atoms with Gasteiger partial charge in [-0.2, -0.15) is 0 Å². The van der Waals surface area contributed by atoms with Crippen molar-refractivity contribution in [3.05, 3.63) is 53.5 Å². The molecule has 6 nitrogen and oxygen atoms in total. The minimum atomic E-state index is 0.0210.